The number of ether oxygens (including phenoxy) is 1. The van der Waals surface area contributed by atoms with Crippen LogP contribution in [-0.4, -0.2) is 4.98 Å². The normalized spacial score (nSPS) is 10.3. The van der Waals surface area contributed by atoms with Gasteiger partial charge in [0.05, 0.1) is 10.7 Å². The molecule has 2 aromatic rings. The molecule has 17 heavy (non-hydrogen) atoms. The minimum Gasteiger partial charge on any atom is -0.431 e. The summed E-state index contributed by atoms with van der Waals surface area (Å²) in [6.45, 7) is 0. The van der Waals surface area contributed by atoms with Crippen LogP contribution < -0.4 is 10.5 Å². The molecule has 0 atom stereocenters. The summed E-state index contributed by atoms with van der Waals surface area (Å²) < 4.78 is 31.7. The number of anilines is 1. The SMILES string of the molecule is Nc1cccc(F)c1Oc1ncc(Cl)cc1F. The average Bonchev–Trinajstić information content (AvgIpc) is 2.26. The van der Waals surface area contributed by atoms with Crippen molar-refractivity contribution >= 4 is 17.3 Å². The molecule has 1 heterocycles. The molecule has 0 aliphatic heterocycles. The molecule has 0 bridgehead atoms. The highest BCUT2D eigenvalue weighted by atomic mass is 35.5. The number of nitrogens with two attached hydrogens (primary N) is 1. The maximum absolute atomic E-state index is 13.4. The minimum atomic E-state index is -0.792. The van der Waals surface area contributed by atoms with E-state index in [4.69, 9.17) is 22.1 Å². The number of halogens is 3. The number of nitrogen functional groups attached to an aromatic ring is 1. The fourth-order valence-corrected chi connectivity index (χ4v) is 1.35. The Morgan fingerprint density at radius 3 is 2.65 bits per heavy atom. The first-order valence-electron chi connectivity index (χ1n) is 4.61. The van der Waals surface area contributed by atoms with Crippen molar-refractivity contribution in [2.24, 2.45) is 0 Å². The molecule has 1 aromatic carbocycles. The molecule has 0 aliphatic carbocycles. The number of aromatic nitrogens is 1. The first-order valence-corrected chi connectivity index (χ1v) is 4.98. The average molecular weight is 257 g/mol. The molecule has 0 aliphatic rings. The highest BCUT2D eigenvalue weighted by Crippen LogP contribution is 2.30. The Kier molecular flexibility index (Phi) is 3.10. The number of pyridine rings is 1. The van der Waals surface area contributed by atoms with E-state index in [9.17, 15) is 8.78 Å². The predicted molar refractivity (Wildman–Crippen MR) is 60.1 cm³/mol. The van der Waals surface area contributed by atoms with Gasteiger partial charge in [-0.2, -0.15) is 0 Å². The van der Waals surface area contributed by atoms with Gasteiger partial charge >= 0.3 is 0 Å². The van der Waals surface area contributed by atoms with Gasteiger partial charge in [-0.25, -0.2) is 13.8 Å². The second kappa shape index (κ2) is 4.55. The van der Waals surface area contributed by atoms with E-state index in [-0.39, 0.29) is 22.3 Å². The van der Waals surface area contributed by atoms with E-state index in [0.29, 0.717) is 0 Å². The Labute approximate surface area is 101 Å². The van der Waals surface area contributed by atoms with E-state index < -0.39 is 11.6 Å². The monoisotopic (exact) mass is 256 g/mol. The van der Waals surface area contributed by atoms with Crippen LogP contribution in [0.25, 0.3) is 0 Å². The van der Waals surface area contributed by atoms with Gasteiger partial charge < -0.3 is 10.5 Å². The molecular formula is C11H7ClF2N2O. The molecule has 0 unspecified atom stereocenters. The molecule has 2 N–H and O–H groups in total. The molecule has 0 saturated heterocycles. The van der Waals surface area contributed by atoms with Crippen LogP contribution in [0.5, 0.6) is 11.6 Å². The minimum absolute atomic E-state index is 0.0566. The highest BCUT2D eigenvalue weighted by molar-refractivity contribution is 6.30. The summed E-state index contributed by atoms with van der Waals surface area (Å²) in [7, 11) is 0. The summed E-state index contributed by atoms with van der Waals surface area (Å²) in [5, 5.41) is 0.122. The van der Waals surface area contributed by atoms with Crippen LogP contribution in [0, 0.1) is 11.6 Å². The first-order chi connectivity index (χ1) is 8.08. The summed E-state index contributed by atoms with van der Waals surface area (Å²) in [5.74, 6) is -2.13. The van der Waals surface area contributed by atoms with Gasteiger partial charge in [-0.15, -0.1) is 0 Å². The lowest BCUT2D eigenvalue weighted by Gasteiger charge is -2.08. The molecule has 0 amide bonds. The van der Waals surface area contributed by atoms with Crippen LogP contribution in [0.3, 0.4) is 0 Å². The molecule has 88 valence electrons. The van der Waals surface area contributed by atoms with Gasteiger partial charge in [-0.1, -0.05) is 17.7 Å². The van der Waals surface area contributed by atoms with Crippen molar-refractivity contribution < 1.29 is 13.5 Å². The van der Waals surface area contributed by atoms with E-state index in [1.807, 2.05) is 0 Å². The van der Waals surface area contributed by atoms with E-state index in [2.05, 4.69) is 4.98 Å². The Morgan fingerprint density at radius 1 is 1.24 bits per heavy atom. The summed E-state index contributed by atoms with van der Waals surface area (Å²) in [4.78, 5) is 3.60. The third-order valence-electron chi connectivity index (χ3n) is 1.97. The fourth-order valence-electron chi connectivity index (χ4n) is 1.21. The number of benzene rings is 1. The number of nitrogens with zero attached hydrogens (tertiary/aromatic N) is 1. The molecule has 2 rings (SSSR count). The van der Waals surface area contributed by atoms with Crippen LogP contribution in [-0.2, 0) is 0 Å². The lowest BCUT2D eigenvalue weighted by Crippen LogP contribution is -1.98. The quantitative estimate of drug-likeness (QED) is 0.838. The second-order valence-corrected chi connectivity index (χ2v) is 3.64. The second-order valence-electron chi connectivity index (χ2n) is 3.20. The van der Waals surface area contributed by atoms with Crippen LogP contribution in [0.1, 0.15) is 0 Å². The Hall–Kier alpha value is -1.88. The zero-order chi connectivity index (χ0) is 12.4. The van der Waals surface area contributed by atoms with Gasteiger partial charge in [-0.05, 0) is 18.2 Å². The molecular weight excluding hydrogens is 250 g/mol. The number of hydrogen-bond donors (Lipinski definition) is 1. The number of hydrogen-bond acceptors (Lipinski definition) is 3. The Balaban J connectivity index is 2.38. The van der Waals surface area contributed by atoms with Crippen LogP contribution in [0.15, 0.2) is 30.5 Å². The molecule has 0 fully saturated rings. The topological polar surface area (TPSA) is 48.1 Å². The summed E-state index contributed by atoms with van der Waals surface area (Å²) >= 11 is 5.53. The molecule has 1 aromatic heterocycles. The Morgan fingerprint density at radius 2 is 2.00 bits per heavy atom. The third-order valence-corrected chi connectivity index (χ3v) is 2.18. The van der Waals surface area contributed by atoms with Crippen molar-refractivity contribution in [1.82, 2.24) is 4.98 Å². The van der Waals surface area contributed by atoms with Gasteiger partial charge in [0.1, 0.15) is 0 Å². The van der Waals surface area contributed by atoms with Gasteiger partial charge in [0.25, 0.3) is 5.88 Å². The molecule has 0 saturated carbocycles. The summed E-state index contributed by atoms with van der Waals surface area (Å²) in [5.41, 5.74) is 5.56. The van der Waals surface area contributed by atoms with E-state index in [1.165, 1.54) is 18.3 Å². The maximum atomic E-state index is 13.4. The van der Waals surface area contributed by atoms with Crippen molar-refractivity contribution in [1.29, 1.82) is 0 Å². The lowest BCUT2D eigenvalue weighted by atomic mass is 10.3. The number of para-hydroxylation sites is 1. The van der Waals surface area contributed by atoms with Crippen molar-refractivity contribution in [3.63, 3.8) is 0 Å². The van der Waals surface area contributed by atoms with E-state index >= 15 is 0 Å². The molecule has 6 heteroatoms. The van der Waals surface area contributed by atoms with Crippen molar-refractivity contribution in [3.8, 4) is 11.6 Å². The predicted octanol–water partition coefficient (Wildman–Crippen LogP) is 3.39. The largest absolute Gasteiger partial charge is 0.431 e. The first kappa shape index (κ1) is 11.6. The summed E-state index contributed by atoms with van der Waals surface area (Å²) in [6.07, 6.45) is 1.19. The summed E-state index contributed by atoms with van der Waals surface area (Å²) in [6, 6.07) is 5.02. The van der Waals surface area contributed by atoms with Gasteiger partial charge in [0.15, 0.2) is 17.4 Å². The maximum Gasteiger partial charge on any atom is 0.256 e. The number of rotatable bonds is 2. The van der Waals surface area contributed by atoms with E-state index in [1.54, 1.807) is 0 Å². The molecule has 0 spiro atoms. The molecule has 0 radical (unpaired) electrons. The smallest absolute Gasteiger partial charge is 0.256 e. The lowest BCUT2D eigenvalue weighted by molar-refractivity contribution is 0.400. The van der Waals surface area contributed by atoms with Gasteiger partial charge in [0, 0.05) is 6.20 Å². The van der Waals surface area contributed by atoms with Crippen molar-refractivity contribution in [2.75, 3.05) is 5.73 Å². The fraction of sp³-hybridized carbons (Fsp3) is 0. The Bertz CT molecular complexity index is 543. The van der Waals surface area contributed by atoms with E-state index in [0.717, 1.165) is 12.1 Å². The van der Waals surface area contributed by atoms with Crippen LogP contribution in [0.2, 0.25) is 5.02 Å². The molecule has 3 nitrogen and oxygen atoms in total. The van der Waals surface area contributed by atoms with Gasteiger partial charge in [-0.3, -0.25) is 0 Å². The van der Waals surface area contributed by atoms with Crippen molar-refractivity contribution in [2.45, 2.75) is 0 Å². The highest BCUT2D eigenvalue weighted by Gasteiger charge is 2.13. The zero-order valence-corrected chi connectivity index (χ0v) is 9.21. The zero-order valence-electron chi connectivity index (χ0n) is 8.45. The van der Waals surface area contributed by atoms with Crippen molar-refractivity contribution in [3.05, 3.63) is 47.1 Å². The van der Waals surface area contributed by atoms with Crippen LogP contribution >= 0.6 is 11.6 Å². The third kappa shape index (κ3) is 2.45. The van der Waals surface area contributed by atoms with Crippen LogP contribution in [0.4, 0.5) is 14.5 Å². The van der Waals surface area contributed by atoms with Gasteiger partial charge in [0.2, 0.25) is 0 Å². The standard InChI is InChI=1S/C11H7ClF2N2O/c12-6-4-8(14)11(16-5-6)17-10-7(13)2-1-3-9(10)15/h1-5H,15H2.